The number of allylic oxidation sites excluding steroid dienone is 1. The molecule has 0 aliphatic carbocycles. The molecule has 0 radical (unpaired) electrons. The van der Waals surface area contributed by atoms with Crippen molar-refractivity contribution in [2.45, 2.75) is 62.6 Å². The molecule has 3 amide bonds. The highest BCUT2D eigenvalue weighted by Crippen LogP contribution is 2.21. The zero-order chi connectivity index (χ0) is 33.1. The van der Waals surface area contributed by atoms with E-state index in [1.165, 1.54) is 6.08 Å². The van der Waals surface area contributed by atoms with Crippen molar-refractivity contribution < 1.29 is 33.8 Å². The summed E-state index contributed by atoms with van der Waals surface area (Å²) >= 11 is 1.57. The average molecular weight is 652 g/mol. The lowest BCUT2D eigenvalue weighted by Gasteiger charge is -2.26. The average Bonchev–Trinajstić information content (AvgIpc) is 3.56. The molecule has 3 N–H and O–H groups in total. The van der Waals surface area contributed by atoms with Gasteiger partial charge in [-0.3, -0.25) is 9.59 Å². The van der Waals surface area contributed by atoms with Gasteiger partial charge in [0.25, 0.3) is 0 Å². The molecule has 0 bridgehead atoms. The van der Waals surface area contributed by atoms with Gasteiger partial charge in [-0.15, -0.1) is 13.2 Å². The van der Waals surface area contributed by atoms with E-state index in [0.717, 1.165) is 24.0 Å². The molecule has 0 saturated carbocycles. The highest BCUT2D eigenvalue weighted by atomic mass is 32.2. The number of ether oxygens (including phenoxy) is 2. The summed E-state index contributed by atoms with van der Waals surface area (Å²) in [5, 5.41) is 15.2. The summed E-state index contributed by atoms with van der Waals surface area (Å²) in [4.78, 5) is 53.7. The molecule has 3 rings (SSSR count). The second kappa shape index (κ2) is 20.1. The van der Waals surface area contributed by atoms with Gasteiger partial charge in [0, 0.05) is 24.5 Å². The Labute approximate surface area is 275 Å². The Balaban J connectivity index is 1.62. The van der Waals surface area contributed by atoms with Crippen molar-refractivity contribution in [3.8, 4) is 0 Å². The number of thioether (sulfide) groups is 1. The summed E-state index contributed by atoms with van der Waals surface area (Å²) < 4.78 is 10.9. The number of hydrogen-bond acceptors (Lipinski definition) is 8. The number of carbonyl (C=O) groups is 4. The Bertz CT molecular complexity index is 1280. The normalized spacial score (nSPS) is 16.0. The first-order valence-electron chi connectivity index (χ1n) is 15.5. The van der Waals surface area contributed by atoms with E-state index < -0.39 is 30.1 Å². The molecule has 0 aromatic heterocycles. The SMILES string of the molecule is C=CC[C@H](CC(=O)N1CCC[C@H]1CO)C(=O)N[C@H](COC(=O)[C@@H](CC=C)NC(=O)OCc1ccccc1)CSCc1ccccc1. The number of hydrogen-bond donors (Lipinski definition) is 3. The van der Waals surface area contributed by atoms with Crippen LogP contribution in [0.1, 0.15) is 43.2 Å². The maximum absolute atomic E-state index is 13.5. The van der Waals surface area contributed by atoms with Gasteiger partial charge in [-0.05, 0) is 36.8 Å². The molecule has 2 aromatic carbocycles. The number of nitrogens with one attached hydrogen (secondary N) is 2. The Morgan fingerprint density at radius 2 is 1.63 bits per heavy atom. The molecule has 1 aliphatic rings. The summed E-state index contributed by atoms with van der Waals surface area (Å²) in [5.41, 5.74) is 1.91. The molecule has 2 aromatic rings. The van der Waals surface area contributed by atoms with Crippen LogP contribution in [0.3, 0.4) is 0 Å². The molecule has 1 aliphatic heterocycles. The van der Waals surface area contributed by atoms with Crippen LogP contribution in [0.5, 0.6) is 0 Å². The first-order valence-corrected chi connectivity index (χ1v) is 16.7. The lowest BCUT2D eigenvalue weighted by Crippen LogP contribution is -2.47. The minimum absolute atomic E-state index is 0.0194. The Kier molecular flexibility index (Phi) is 15.9. The van der Waals surface area contributed by atoms with E-state index in [1.807, 2.05) is 60.7 Å². The molecule has 0 unspecified atom stereocenters. The topological polar surface area (TPSA) is 134 Å². The molecule has 11 heteroatoms. The van der Waals surface area contributed by atoms with Crippen LogP contribution >= 0.6 is 11.8 Å². The maximum atomic E-state index is 13.5. The van der Waals surface area contributed by atoms with Crippen molar-refractivity contribution in [2.24, 2.45) is 5.92 Å². The molecule has 248 valence electrons. The van der Waals surface area contributed by atoms with E-state index in [9.17, 15) is 24.3 Å². The number of likely N-dealkylation sites (tertiary alicyclic amines) is 1. The van der Waals surface area contributed by atoms with Crippen molar-refractivity contribution in [3.63, 3.8) is 0 Å². The molecule has 0 spiro atoms. The second-order valence-electron chi connectivity index (χ2n) is 11.1. The fourth-order valence-corrected chi connectivity index (χ4v) is 6.09. The highest BCUT2D eigenvalue weighted by molar-refractivity contribution is 7.98. The van der Waals surface area contributed by atoms with Crippen LogP contribution in [0.4, 0.5) is 4.79 Å². The predicted octanol–water partition coefficient (Wildman–Crippen LogP) is 4.38. The van der Waals surface area contributed by atoms with Gasteiger partial charge in [-0.2, -0.15) is 11.8 Å². The lowest BCUT2D eigenvalue weighted by molar-refractivity contribution is -0.147. The molecule has 46 heavy (non-hydrogen) atoms. The predicted molar refractivity (Wildman–Crippen MR) is 179 cm³/mol. The van der Waals surface area contributed by atoms with Gasteiger partial charge in [-0.25, -0.2) is 9.59 Å². The van der Waals surface area contributed by atoms with E-state index in [0.29, 0.717) is 18.1 Å². The zero-order valence-electron chi connectivity index (χ0n) is 26.2. The minimum Gasteiger partial charge on any atom is -0.462 e. The number of aliphatic hydroxyl groups excluding tert-OH is 1. The molecular weight excluding hydrogens is 606 g/mol. The second-order valence-corrected chi connectivity index (χ2v) is 12.1. The number of benzene rings is 2. The van der Waals surface area contributed by atoms with Gasteiger partial charge >= 0.3 is 12.1 Å². The third-order valence-electron chi connectivity index (χ3n) is 7.55. The fraction of sp³-hybridized carbons (Fsp3) is 0.429. The largest absolute Gasteiger partial charge is 0.462 e. The molecule has 4 atom stereocenters. The van der Waals surface area contributed by atoms with E-state index in [2.05, 4.69) is 23.8 Å². The van der Waals surface area contributed by atoms with Crippen LogP contribution in [0, 0.1) is 5.92 Å². The summed E-state index contributed by atoms with van der Waals surface area (Å²) in [6.45, 7) is 7.78. The standard InChI is InChI=1S/C35H45N3O7S/c1-3-12-28(20-32(40)38-19-11-18-30(38)21-39)33(41)36-29(25-46-24-27-16-9-6-10-17-27)23-44-34(42)31(13-4-2)37-35(43)45-22-26-14-7-5-8-15-26/h3-10,14-17,28-31,39H,1-2,11-13,18-25H2,(H,36,41)(H,37,43)/t28-,29-,30+,31-/m1/s1. The Morgan fingerprint density at radius 3 is 2.28 bits per heavy atom. The van der Waals surface area contributed by atoms with Crippen LogP contribution in [0.2, 0.25) is 0 Å². The first-order chi connectivity index (χ1) is 22.3. The molecule has 1 saturated heterocycles. The highest BCUT2D eigenvalue weighted by Gasteiger charge is 2.32. The van der Waals surface area contributed by atoms with Crippen molar-refractivity contribution in [2.75, 3.05) is 25.5 Å². The van der Waals surface area contributed by atoms with Gasteiger partial charge in [0.15, 0.2) is 0 Å². The number of rotatable bonds is 19. The van der Waals surface area contributed by atoms with Gasteiger partial charge < -0.3 is 30.1 Å². The van der Waals surface area contributed by atoms with E-state index >= 15 is 0 Å². The van der Waals surface area contributed by atoms with Gasteiger partial charge in [-0.1, -0.05) is 72.8 Å². The Hall–Kier alpha value is -4.09. The monoisotopic (exact) mass is 651 g/mol. The number of nitrogens with zero attached hydrogens (tertiary/aromatic N) is 1. The summed E-state index contributed by atoms with van der Waals surface area (Å²) in [6, 6.07) is 17.2. The zero-order valence-corrected chi connectivity index (χ0v) is 27.0. The van der Waals surface area contributed by atoms with Gasteiger partial charge in [0.2, 0.25) is 11.8 Å². The number of carbonyl (C=O) groups excluding carboxylic acids is 4. The molecule has 1 heterocycles. The summed E-state index contributed by atoms with van der Waals surface area (Å²) in [5.74, 6) is -0.777. The summed E-state index contributed by atoms with van der Waals surface area (Å²) in [6.07, 6.45) is 4.27. The van der Waals surface area contributed by atoms with Crippen LogP contribution < -0.4 is 10.6 Å². The first kappa shape index (κ1) is 36.4. The van der Waals surface area contributed by atoms with Crippen molar-refractivity contribution in [1.82, 2.24) is 15.5 Å². The number of aliphatic hydroxyl groups is 1. The van der Waals surface area contributed by atoms with Crippen LogP contribution in [-0.4, -0.2) is 77.5 Å². The third kappa shape index (κ3) is 12.4. The van der Waals surface area contributed by atoms with E-state index in [-0.39, 0.29) is 56.9 Å². The van der Waals surface area contributed by atoms with Crippen molar-refractivity contribution >= 4 is 35.6 Å². The maximum Gasteiger partial charge on any atom is 0.408 e. The van der Waals surface area contributed by atoms with Crippen LogP contribution in [0.25, 0.3) is 0 Å². The Morgan fingerprint density at radius 1 is 0.957 bits per heavy atom. The molecule has 10 nitrogen and oxygen atoms in total. The van der Waals surface area contributed by atoms with Crippen molar-refractivity contribution in [1.29, 1.82) is 0 Å². The summed E-state index contributed by atoms with van der Waals surface area (Å²) in [7, 11) is 0. The van der Waals surface area contributed by atoms with E-state index in [4.69, 9.17) is 9.47 Å². The quantitative estimate of drug-likeness (QED) is 0.151. The number of amides is 3. The third-order valence-corrected chi connectivity index (χ3v) is 8.72. The van der Waals surface area contributed by atoms with Crippen molar-refractivity contribution in [3.05, 3.63) is 97.1 Å². The van der Waals surface area contributed by atoms with Crippen LogP contribution in [0.15, 0.2) is 86.0 Å². The molecular formula is C35H45N3O7S. The number of alkyl carbamates (subject to hydrolysis) is 1. The minimum atomic E-state index is -1.03. The van der Waals surface area contributed by atoms with Gasteiger partial charge in [0.1, 0.15) is 19.3 Å². The molecule has 1 fully saturated rings. The lowest BCUT2D eigenvalue weighted by atomic mass is 9.98. The smallest absolute Gasteiger partial charge is 0.408 e. The van der Waals surface area contributed by atoms with E-state index in [1.54, 1.807) is 22.7 Å². The van der Waals surface area contributed by atoms with Gasteiger partial charge in [0.05, 0.1) is 24.6 Å². The van der Waals surface area contributed by atoms with Crippen LogP contribution in [-0.2, 0) is 36.2 Å². The number of esters is 1. The fourth-order valence-electron chi connectivity index (χ4n) is 5.08.